The van der Waals surface area contributed by atoms with E-state index in [1.54, 1.807) is 17.8 Å². The van der Waals surface area contributed by atoms with Crippen LogP contribution < -0.4 is 11.1 Å². The van der Waals surface area contributed by atoms with Gasteiger partial charge in [0, 0.05) is 19.8 Å². The number of amides is 1. The zero-order chi connectivity index (χ0) is 12.8. The fourth-order valence-electron chi connectivity index (χ4n) is 1.31. The van der Waals surface area contributed by atoms with E-state index in [0.29, 0.717) is 13.0 Å². The van der Waals surface area contributed by atoms with Gasteiger partial charge in [0.1, 0.15) is 0 Å². The number of aromatic nitrogens is 2. The number of carbonyl (C=O) groups is 1. The van der Waals surface area contributed by atoms with Crippen LogP contribution >= 0.6 is 0 Å². The summed E-state index contributed by atoms with van der Waals surface area (Å²) in [5, 5.41) is 18.0. The molecule has 0 fully saturated rings. The molecule has 1 rings (SSSR count). The monoisotopic (exact) mass is 239 g/mol. The highest BCUT2D eigenvalue weighted by atomic mass is 16.4. The maximum absolute atomic E-state index is 11.5. The Bertz CT molecular complexity index is 413. The maximum Gasteiger partial charge on any atom is 0.230 e. The van der Waals surface area contributed by atoms with Crippen molar-refractivity contribution in [2.75, 3.05) is 6.54 Å². The zero-order valence-electron chi connectivity index (χ0n) is 9.92. The number of aryl methyl sites for hydroxylation is 1. The summed E-state index contributed by atoms with van der Waals surface area (Å²) >= 11 is 0. The Labute approximate surface area is 99.3 Å². The highest BCUT2D eigenvalue weighted by Gasteiger charge is 2.16. The van der Waals surface area contributed by atoms with Gasteiger partial charge in [-0.15, -0.1) is 0 Å². The van der Waals surface area contributed by atoms with Crippen molar-refractivity contribution in [1.29, 1.82) is 0 Å². The van der Waals surface area contributed by atoms with Gasteiger partial charge in [-0.2, -0.15) is 5.10 Å². The minimum absolute atomic E-state index is 0.0936. The van der Waals surface area contributed by atoms with E-state index < -0.39 is 5.92 Å². The van der Waals surface area contributed by atoms with Crippen molar-refractivity contribution in [2.24, 2.45) is 23.9 Å². The Kier molecular flexibility index (Phi) is 4.50. The summed E-state index contributed by atoms with van der Waals surface area (Å²) in [5.74, 6) is -0.984. The molecule has 17 heavy (non-hydrogen) atoms. The van der Waals surface area contributed by atoms with E-state index in [4.69, 9.17) is 10.9 Å². The first-order chi connectivity index (χ1) is 8.04. The molecule has 7 nitrogen and oxygen atoms in total. The van der Waals surface area contributed by atoms with Crippen molar-refractivity contribution >= 4 is 11.7 Å². The quantitative estimate of drug-likeness (QED) is 0.278. The van der Waals surface area contributed by atoms with Gasteiger partial charge < -0.3 is 16.3 Å². The second-order valence-corrected chi connectivity index (χ2v) is 3.81. The normalized spacial score (nSPS) is 13.4. The number of amidine groups is 1. The molecule has 0 radical (unpaired) electrons. The lowest BCUT2D eigenvalue weighted by atomic mass is 10.1. The highest BCUT2D eigenvalue weighted by Crippen LogP contribution is 1.98. The van der Waals surface area contributed by atoms with Crippen LogP contribution in [0.3, 0.4) is 0 Å². The molecule has 1 aromatic heterocycles. The molecular formula is C10H17N5O2. The van der Waals surface area contributed by atoms with Crippen LogP contribution in [0.25, 0.3) is 0 Å². The first-order valence-corrected chi connectivity index (χ1v) is 5.27. The molecule has 4 N–H and O–H groups in total. The summed E-state index contributed by atoms with van der Waals surface area (Å²) in [4.78, 5) is 11.5. The molecule has 1 aromatic rings. The predicted molar refractivity (Wildman–Crippen MR) is 62.5 cm³/mol. The Hall–Kier alpha value is -2.05. The van der Waals surface area contributed by atoms with Crippen molar-refractivity contribution in [3.8, 4) is 0 Å². The van der Waals surface area contributed by atoms with Crippen LogP contribution in [-0.2, 0) is 18.3 Å². The van der Waals surface area contributed by atoms with E-state index in [1.165, 1.54) is 0 Å². The van der Waals surface area contributed by atoms with E-state index in [2.05, 4.69) is 15.6 Å². The van der Waals surface area contributed by atoms with E-state index in [1.807, 2.05) is 13.2 Å². The molecule has 0 aliphatic carbocycles. The first-order valence-electron chi connectivity index (χ1n) is 5.27. The Morgan fingerprint density at radius 2 is 2.47 bits per heavy atom. The van der Waals surface area contributed by atoms with Crippen molar-refractivity contribution in [2.45, 2.75) is 13.3 Å². The average Bonchev–Trinajstić information content (AvgIpc) is 2.72. The first kappa shape index (κ1) is 13.0. The molecule has 7 heteroatoms. The van der Waals surface area contributed by atoms with Crippen LogP contribution in [0.15, 0.2) is 17.5 Å². The maximum atomic E-state index is 11.5. The molecule has 1 unspecified atom stereocenters. The van der Waals surface area contributed by atoms with E-state index in [9.17, 15) is 4.79 Å². The third kappa shape index (κ3) is 3.78. The van der Waals surface area contributed by atoms with Gasteiger partial charge in [-0.25, -0.2) is 0 Å². The molecule has 0 saturated carbocycles. The molecule has 0 spiro atoms. The molecule has 1 atom stereocenters. The standard InChI is InChI=1S/C10H17N5O2/c1-7(9(11)14-17)10(16)12-4-3-8-5-13-15(2)6-8/h5-7,17H,3-4H2,1-2H3,(H2,11,14)(H,12,16). The largest absolute Gasteiger partial charge is 0.409 e. The zero-order valence-corrected chi connectivity index (χ0v) is 9.92. The van der Waals surface area contributed by atoms with Crippen LogP contribution in [0.2, 0.25) is 0 Å². The van der Waals surface area contributed by atoms with Gasteiger partial charge in [-0.1, -0.05) is 5.16 Å². The number of oxime groups is 1. The lowest BCUT2D eigenvalue weighted by Crippen LogP contribution is -2.38. The van der Waals surface area contributed by atoms with E-state index in [0.717, 1.165) is 5.56 Å². The van der Waals surface area contributed by atoms with E-state index in [-0.39, 0.29) is 11.7 Å². The van der Waals surface area contributed by atoms with Gasteiger partial charge in [-0.3, -0.25) is 9.48 Å². The minimum atomic E-state index is -0.631. The molecule has 1 heterocycles. The van der Waals surface area contributed by atoms with Crippen LogP contribution in [0.4, 0.5) is 0 Å². The summed E-state index contributed by atoms with van der Waals surface area (Å²) in [6.07, 6.45) is 4.33. The topological polar surface area (TPSA) is 106 Å². The fraction of sp³-hybridized carbons (Fsp3) is 0.500. The van der Waals surface area contributed by atoms with Crippen LogP contribution in [0.1, 0.15) is 12.5 Å². The predicted octanol–water partition coefficient (Wildman–Crippen LogP) is -0.539. The van der Waals surface area contributed by atoms with Gasteiger partial charge in [0.2, 0.25) is 5.91 Å². The summed E-state index contributed by atoms with van der Waals surface area (Å²) in [6.45, 7) is 2.07. The number of nitrogens with two attached hydrogens (primary N) is 1. The van der Waals surface area contributed by atoms with Gasteiger partial charge in [0.25, 0.3) is 0 Å². The Morgan fingerprint density at radius 1 is 1.76 bits per heavy atom. The SMILES string of the molecule is CC(C(=O)NCCc1cnn(C)c1)C(N)=NO. The lowest BCUT2D eigenvalue weighted by molar-refractivity contribution is -0.122. The smallest absolute Gasteiger partial charge is 0.230 e. The molecule has 94 valence electrons. The average molecular weight is 239 g/mol. The van der Waals surface area contributed by atoms with E-state index >= 15 is 0 Å². The Morgan fingerprint density at radius 3 is 3.00 bits per heavy atom. The van der Waals surface area contributed by atoms with Crippen molar-refractivity contribution in [3.63, 3.8) is 0 Å². The minimum Gasteiger partial charge on any atom is -0.409 e. The second kappa shape index (κ2) is 5.88. The molecule has 0 aliphatic heterocycles. The molecule has 1 amide bonds. The summed E-state index contributed by atoms with van der Waals surface area (Å²) < 4.78 is 1.70. The third-order valence-electron chi connectivity index (χ3n) is 2.42. The molecular weight excluding hydrogens is 222 g/mol. The number of carbonyl (C=O) groups excluding carboxylic acids is 1. The van der Waals surface area contributed by atoms with Crippen LogP contribution in [0, 0.1) is 5.92 Å². The highest BCUT2D eigenvalue weighted by molar-refractivity contribution is 6.01. The summed E-state index contributed by atoms with van der Waals surface area (Å²) in [7, 11) is 1.84. The van der Waals surface area contributed by atoms with Crippen molar-refractivity contribution in [1.82, 2.24) is 15.1 Å². The van der Waals surface area contributed by atoms with Gasteiger partial charge in [0.15, 0.2) is 5.84 Å². The van der Waals surface area contributed by atoms with Crippen LogP contribution in [-0.4, -0.2) is 33.3 Å². The van der Waals surface area contributed by atoms with Gasteiger partial charge in [-0.05, 0) is 18.9 Å². The van der Waals surface area contributed by atoms with Crippen LogP contribution in [0.5, 0.6) is 0 Å². The summed E-state index contributed by atoms with van der Waals surface area (Å²) in [6, 6.07) is 0. The third-order valence-corrected chi connectivity index (χ3v) is 2.42. The Balaban J connectivity index is 2.34. The second-order valence-electron chi connectivity index (χ2n) is 3.81. The fourth-order valence-corrected chi connectivity index (χ4v) is 1.31. The van der Waals surface area contributed by atoms with Gasteiger partial charge in [0.05, 0.1) is 12.1 Å². The lowest BCUT2D eigenvalue weighted by Gasteiger charge is -2.09. The number of hydrogen-bond acceptors (Lipinski definition) is 4. The van der Waals surface area contributed by atoms with Gasteiger partial charge >= 0.3 is 0 Å². The number of hydrogen-bond donors (Lipinski definition) is 3. The molecule has 0 aliphatic rings. The molecule has 0 saturated heterocycles. The number of nitrogens with one attached hydrogen (secondary N) is 1. The summed E-state index contributed by atoms with van der Waals surface area (Å²) in [5.41, 5.74) is 6.38. The van der Waals surface area contributed by atoms with Crippen molar-refractivity contribution in [3.05, 3.63) is 18.0 Å². The molecule has 0 bridgehead atoms. The molecule has 0 aromatic carbocycles. The number of rotatable bonds is 5. The van der Waals surface area contributed by atoms with Crippen molar-refractivity contribution < 1.29 is 10.0 Å². The number of nitrogens with zero attached hydrogens (tertiary/aromatic N) is 3.